The zero-order valence-corrected chi connectivity index (χ0v) is 14.0. The molecule has 4 nitrogen and oxygen atoms in total. The molecule has 0 radical (unpaired) electrons. The Hall–Kier alpha value is -0.520. The predicted molar refractivity (Wildman–Crippen MR) is 77.7 cm³/mol. The molecule has 21 heavy (non-hydrogen) atoms. The molecule has 0 aromatic heterocycles. The third-order valence-corrected chi connectivity index (χ3v) is 3.78. The van der Waals surface area contributed by atoms with Crippen LogP contribution in [0.3, 0.4) is 0 Å². The van der Waals surface area contributed by atoms with Crippen LogP contribution in [0.5, 0.6) is 0 Å². The maximum absolute atomic E-state index is 12.0. The first-order valence-electron chi connectivity index (χ1n) is 6.63. The average molecular weight is 355 g/mol. The molecule has 1 aromatic rings. The molecule has 0 amide bonds. The molecule has 0 bridgehead atoms. The lowest BCUT2D eigenvalue weighted by Crippen LogP contribution is -3.15. The van der Waals surface area contributed by atoms with Gasteiger partial charge < -0.3 is 26.8 Å². The first-order chi connectivity index (χ1) is 9.56. The molecule has 2 rings (SSSR count). The van der Waals surface area contributed by atoms with Crippen LogP contribution in [0.2, 0.25) is 10.0 Å². The number of ether oxygens (including phenoxy) is 2. The second-order valence-electron chi connectivity index (χ2n) is 4.91. The van der Waals surface area contributed by atoms with Crippen molar-refractivity contribution in [2.75, 3.05) is 32.8 Å². The molecule has 0 aliphatic carbocycles. The van der Waals surface area contributed by atoms with Gasteiger partial charge in [-0.2, -0.15) is 0 Å². The summed E-state index contributed by atoms with van der Waals surface area (Å²) in [7, 11) is 0. The quantitative estimate of drug-likeness (QED) is 0.666. The van der Waals surface area contributed by atoms with Gasteiger partial charge in [-0.15, -0.1) is 0 Å². The fourth-order valence-electron chi connectivity index (χ4n) is 2.21. The van der Waals surface area contributed by atoms with Gasteiger partial charge in [0.15, 0.2) is 0 Å². The van der Waals surface area contributed by atoms with Gasteiger partial charge in [0.2, 0.25) is 0 Å². The van der Waals surface area contributed by atoms with E-state index in [0.717, 1.165) is 32.8 Å². The molecular formula is C14H18Cl3NO3. The van der Waals surface area contributed by atoms with E-state index in [-0.39, 0.29) is 18.5 Å². The average Bonchev–Trinajstić information content (AvgIpc) is 2.39. The van der Waals surface area contributed by atoms with Gasteiger partial charge in [-0.05, 0) is 25.1 Å². The van der Waals surface area contributed by atoms with Crippen molar-refractivity contribution < 1.29 is 31.6 Å². The number of morpholine rings is 1. The summed E-state index contributed by atoms with van der Waals surface area (Å²) in [5, 5.41) is 0.811. The largest absolute Gasteiger partial charge is 1.00 e. The summed E-state index contributed by atoms with van der Waals surface area (Å²) in [6.45, 7) is 6.09. The van der Waals surface area contributed by atoms with E-state index >= 15 is 0 Å². The lowest BCUT2D eigenvalue weighted by Gasteiger charge is -2.26. The van der Waals surface area contributed by atoms with Gasteiger partial charge >= 0.3 is 5.97 Å². The molecule has 0 saturated carbocycles. The van der Waals surface area contributed by atoms with Gasteiger partial charge in [-0.3, -0.25) is 0 Å². The third-order valence-electron chi connectivity index (χ3n) is 3.24. The number of halogens is 3. The molecule has 1 heterocycles. The zero-order chi connectivity index (χ0) is 14.5. The van der Waals surface area contributed by atoms with Crippen LogP contribution >= 0.6 is 23.2 Å². The Labute approximate surface area is 140 Å². The first-order valence-corrected chi connectivity index (χ1v) is 7.39. The normalized spacial score (nSPS) is 16.9. The summed E-state index contributed by atoms with van der Waals surface area (Å²) in [6, 6.07) is 4.75. The Morgan fingerprint density at radius 1 is 1.38 bits per heavy atom. The van der Waals surface area contributed by atoms with Gasteiger partial charge in [0.1, 0.15) is 25.7 Å². The summed E-state index contributed by atoms with van der Waals surface area (Å²) in [5.74, 6) is -0.410. The van der Waals surface area contributed by atoms with Crippen LogP contribution in [0, 0.1) is 0 Å². The van der Waals surface area contributed by atoms with Crippen molar-refractivity contribution in [1.29, 1.82) is 0 Å². The van der Waals surface area contributed by atoms with E-state index in [4.69, 9.17) is 32.7 Å². The second kappa shape index (κ2) is 8.81. The number of hydrogen-bond acceptors (Lipinski definition) is 3. The summed E-state index contributed by atoms with van der Waals surface area (Å²) < 4.78 is 10.7. The molecule has 1 saturated heterocycles. The molecule has 1 fully saturated rings. The Balaban J connectivity index is 0.00000220. The number of esters is 1. The highest BCUT2D eigenvalue weighted by molar-refractivity contribution is 6.36. The van der Waals surface area contributed by atoms with Crippen molar-refractivity contribution in [3.8, 4) is 0 Å². The zero-order valence-electron chi connectivity index (χ0n) is 11.7. The fraction of sp³-hybridized carbons (Fsp3) is 0.500. The fourth-order valence-corrected chi connectivity index (χ4v) is 2.70. The summed E-state index contributed by atoms with van der Waals surface area (Å²) >= 11 is 11.8. The van der Waals surface area contributed by atoms with E-state index in [1.807, 2.05) is 6.92 Å². The smallest absolute Gasteiger partial charge is 0.340 e. The third kappa shape index (κ3) is 5.64. The van der Waals surface area contributed by atoms with Crippen molar-refractivity contribution in [2.24, 2.45) is 0 Å². The van der Waals surface area contributed by atoms with E-state index < -0.39 is 5.97 Å². The Bertz CT molecular complexity index is 479. The second-order valence-corrected chi connectivity index (χ2v) is 5.75. The van der Waals surface area contributed by atoms with E-state index in [1.54, 1.807) is 12.1 Å². The number of hydrogen-bond donors (Lipinski definition) is 1. The van der Waals surface area contributed by atoms with E-state index in [9.17, 15) is 4.79 Å². The number of carbonyl (C=O) groups excluding carboxylic acids is 1. The SMILES string of the molecule is CC(C[NH+]1CCOCC1)OC(=O)c1ccc(Cl)cc1Cl.[Cl-]. The molecule has 1 aliphatic heterocycles. The van der Waals surface area contributed by atoms with Gasteiger partial charge in [-0.1, -0.05) is 23.2 Å². The van der Waals surface area contributed by atoms with Crippen LogP contribution in [-0.2, 0) is 9.47 Å². The Kier molecular flexibility index (Phi) is 7.77. The Morgan fingerprint density at radius 3 is 2.67 bits per heavy atom. The van der Waals surface area contributed by atoms with Crippen LogP contribution < -0.4 is 17.3 Å². The number of carbonyl (C=O) groups is 1. The van der Waals surface area contributed by atoms with Crippen LogP contribution in [0.4, 0.5) is 0 Å². The highest BCUT2D eigenvalue weighted by Crippen LogP contribution is 2.21. The minimum Gasteiger partial charge on any atom is -1.00 e. The lowest BCUT2D eigenvalue weighted by atomic mass is 10.2. The van der Waals surface area contributed by atoms with Crippen molar-refractivity contribution in [3.63, 3.8) is 0 Å². The monoisotopic (exact) mass is 353 g/mol. The molecule has 7 heteroatoms. The Morgan fingerprint density at radius 2 is 2.05 bits per heavy atom. The topological polar surface area (TPSA) is 40.0 Å². The van der Waals surface area contributed by atoms with E-state index in [1.165, 1.54) is 11.0 Å². The van der Waals surface area contributed by atoms with Crippen molar-refractivity contribution in [3.05, 3.63) is 33.8 Å². The van der Waals surface area contributed by atoms with Gasteiger partial charge in [0.25, 0.3) is 0 Å². The maximum Gasteiger partial charge on any atom is 0.340 e. The number of quaternary nitrogens is 1. The van der Waals surface area contributed by atoms with Gasteiger partial charge in [0.05, 0.1) is 23.8 Å². The molecular weight excluding hydrogens is 337 g/mol. The molecule has 0 spiro atoms. The summed E-state index contributed by atoms with van der Waals surface area (Å²) in [4.78, 5) is 13.4. The molecule has 1 aliphatic rings. The number of benzene rings is 1. The van der Waals surface area contributed by atoms with Crippen LogP contribution in [0.1, 0.15) is 17.3 Å². The molecule has 1 unspecified atom stereocenters. The lowest BCUT2D eigenvalue weighted by molar-refractivity contribution is -0.910. The van der Waals surface area contributed by atoms with Gasteiger partial charge in [0, 0.05) is 5.02 Å². The number of rotatable bonds is 4. The van der Waals surface area contributed by atoms with E-state index in [0.29, 0.717) is 15.6 Å². The van der Waals surface area contributed by atoms with Crippen molar-refractivity contribution in [2.45, 2.75) is 13.0 Å². The van der Waals surface area contributed by atoms with Crippen LogP contribution in [0.25, 0.3) is 0 Å². The highest BCUT2D eigenvalue weighted by Gasteiger charge is 2.21. The summed E-state index contributed by atoms with van der Waals surface area (Å²) in [5.41, 5.74) is 0.347. The molecule has 118 valence electrons. The standard InChI is InChI=1S/C14H17Cl2NO3.ClH/c1-10(9-17-4-6-19-7-5-17)20-14(18)12-3-2-11(15)8-13(12)16;/h2-3,8,10H,4-7,9H2,1H3;1H. The minimum absolute atomic E-state index is 0. The highest BCUT2D eigenvalue weighted by atomic mass is 35.5. The van der Waals surface area contributed by atoms with Crippen LogP contribution in [0.15, 0.2) is 18.2 Å². The minimum atomic E-state index is -0.410. The number of nitrogens with one attached hydrogen (secondary N) is 1. The van der Waals surface area contributed by atoms with E-state index in [2.05, 4.69) is 0 Å². The van der Waals surface area contributed by atoms with Gasteiger partial charge in [-0.25, -0.2) is 4.79 Å². The molecule has 1 N–H and O–H groups in total. The van der Waals surface area contributed by atoms with Crippen molar-refractivity contribution >= 4 is 29.2 Å². The van der Waals surface area contributed by atoms with Crippen molar-refractivity contribution in [1.82, 2.24) is 0 Å². The maximum atomic E-state index is 12.0. The first kappa shape index (κ1) is 18.5. The molecule has 1 aromatic carbocycles. The predicted octanol–water partition coefficient (Wildman–Crippen LogP) is -1.54. The van der Waals surface area contributed by atoms with Crippen LogP contribution in [-0.4, -0.2) is 44.9 Å². The summed E-state index contributed by atoms with van der Waals surface area (Å²) in [6.07, 6.45) is -0.164. The molecule has 1 atom stereocenters.